The van der Waals surface area contributed by atoms with Gasteiger partial charge in [0.25, 0.3) is 0 Å². The van der Waals surface area contributed by atoms with Crippen molar-refractivity contribution in [1.82, 2.24) is 9.62 Å². The lowest BCUT2D eigenvalue weighted by Crippen LogP contribution is -2.51. The Labute approximate surface area is 130 Å². The normalized spacial score (nSPS) is 20.2. The van der Waals surface area contributed by atoms with Gasteiger partial charge in [-0.25, -0.2) is 8.42 Å². The van der Waals surface area contributed by atoms with Gasteiger partial charge in [0, 0.05) is 31.7 Å². The molecule has 5 nitrogen and oxygen atoms in total. The maximum absolute atomic E-state index is 12.6. The third-order valence-corrected chi connectivity index (χ3v) is 5.43. The third kappa shape index (κ3) is 3.56. The number of halogens is 2. The summed E-state index contributed by atoms with van der Waals surface area (Å²) in [4.78, 5) is 0.0996. The fourth-order valence-electron chi connectivity index (χ4n) is 2.06. The molecule has 1 fully saturated rings. The summed E-state index contributed by atoms with van der Waals surface area (Å²) < 4.78 is 31.7. The van der Waals surface area contributed by atoms with E-state index in [0.717, 1.165) is 0 Å². The lowest BCUT2D eigenvalue weighted by atomic mass is 10.3. The smallest absolute Gasteiger partial charge is 0.244 e. The van der Waals surface area contributed by atoms with Gasteiger partial charge in [-0.1, -0.05) is 11.6 Å². The van der Waals surface area contributed by atoms with Gasteiger partial charge in [-0.3, -0.25) is 0 Å². The third-order valence-electron chi connectivity index (χ3n) is 3.09. The molecule has 1 aromatic carbocycles. The van der Waals surface area contributed by atoms with E-state index in [9.17, 15) is 8.42 Å². The Hall–Kier alpha value is -0.530. The number of sulfonamides is 1. The molecule has 0 aliphatic carbocycles. The second-order valence-corrected chi connectivity index (χ2v) is 6.83. The summed E-state index contributed by atoms with van der Waals surface area (Å²) in [5, 5.41) is 3.42. The van der Waals surface area contributed by atoms with E-state index in [1.807, 2.05) is 6.92 Å². The monoisotopic (exact) mass is 340 g/mol. The molecular formula is C12H18Cl2N2O3S. The Morgan fingerprint density at radius 1 is 1.45 bits per heavy atom. The number of methoxy groups -OCH3 is 1. The van der Waals surface area contributed by atoms with Crippen molar-refractivity contribution in [3.05, 3.63) is 23.2 Å². The van der Waals surface area contributed by atoms with Gasteiger partial charge in [-0.2, -0.15) is 4.31 Å². The summed E-state index contributed by atoms with van der Waals surface area (Å²) in [7, 11) is -2.08. The van der Waals surface area contributed by atoms with Crippen LogP contribution < -0.4 is 10.1 Å². The Kier molecular flexibility index (Phi) is 6.09. The van der Waals surface area contributed by atoms with E-state index in [1.54, 1.807) is 12.1 Å². The first kappa shape index (κ1) is 17.5. The molecule has 8 heteroatoms. The molecule has 0 bridgehead atoms. The average molecular weight is 341 g/mol. The van der Waals surface area contributed by atoms with Crippen LogP contribution in [0, 0.1) is 0 Å². The molecule has 1 atom stereocenters. The van der Waals surface area contributed by atoms with Gasteiger partial charge in [0.15, 0.2) is 0 Å². The van der Waals surface area contributed by atoms with Crippen LogP contribution in [0.25, 0.3) is 0 Å². The van der Waals surface area contributed by atoms with E-state index in [-0.39, 0.29) is 28.4 Å². The number of nitrogens with one attached hydrogen (secondary N) is 1. The fraction of sp³-hybridized carbons (Fsp3) is 0.500. The molecule has 1 aliphatic heterocycles. The van der Waals surface area contributed by atoms with E-state index in [4.69, 9.17) is 16.3 Å². The summed E-state index contributed by atoms with van der Waals surface area (Å²) in [6, 6.07) is 4.78. The summed E-state index contributed by atoms with van der Waals surface area (Å²) in [5.41, 5.74) is 0. The SMILES string of the molecule is COc1ccc(Cl)c(S(=O)(=O)N2CCNC(C)C2)c1.Cl. The number of hydrogen-bond donors (Lipinski definition) is 1. The Bertz CT molecular complexity index is 566. The molecule has 1 aromatic rings. The van der Waals surface area contributed by atoms with Crippen LogP contribution in [0.15, 0.2) is 23.1 Å². The Morgan fingerprint density at radius 2 is 2.15 bits per heavy atom. The van der Waals surface area contributed by atoms with E-state index >= 15 is 0 Å². The van der Waals surface area contributed by atoms with Crippen molar-refractivity contribution in [3.8, 4) is 5.75 Å². The van der Waals surface area contributed by atoms with Crippen LogP contribution in [0.1, 0.15) is 6.92 Å². The first-order valence-corrected chi connectivity index (χ1v) is 7.84. The van der Waals surface area contributed by atoms with Crippen molar-refractivity contribution in [2.45, 2.75) is 17.9 Å². The highest BCUT2D eigenvalue weighted by Gasteiger charge is 2.30. The maximum Gasteiger partial charge on any atom is 0.244 e. The van der Waals surface area contributed by atoms with Gasteiger partial charge < -0.3 is 10.1 Å². The van der Waals surface area contributed by atoms with Gasteiger partial charge >= 0.3 is 0 Å². The second-order valence-electron chi connectivity index (χ2n) is 4.51. The molecule has 0 saturated carbocycles. The minimum absolute atomic E-state index is 0. The van der Waals surface area contributed by atoms with Crippen LogP contribution in [0.4, 0.5) is 0 Å². The molecule has 20 heavy (non-hydrogen) atoms. The highest BCUT2D eigenvalue weighted by atomic mass is 35.5. The summed E-state index contributed by atoms with van der Waals surface area (Å²) in [6.07, 6.45) is 0. The summed E-state index contributed by atoms with van der Waals surface area (Å²) in [6.45, 7) is 3.48. The lowest BCUT2D eigenvalue weighted by molar-refractivity contribution is 0.310. The Balaban J connectivity index is 0.00000200. The Morgan fingerprint density at radius 3 is 2.75 bits per heavy atom. The van der Waals surface area contributed by atoms with Gasteiger partial charge in [-0.15, -0.1) is 12.4 Å². The predicted octanol–water partition coefficient (Wildman–Crippen LogP) is 1.75. The van der Waals surface area contributed by atoms with E-state index in [0.29, 0.717) is 25.4 Å². The maximum atomic E-state index is 12.6. The number of ether oxygens (including phenoxy) is 1. The predicted molar refractivity (Wildman–Crippen MR) is 81.5 cm³/mol. The van der Waals surface area contributed by atoms with Crippen molar-refractivity contribution in [2.24, 2.45) is 0 Å². The number of nitrogens with zero attached hydrogens (tertiary/aromatic N) is 1. The van der Waals surface area contributed by atoms with Gasteiger partial charge in [-0.05, 0) is 19.1 Å². The van der Waals surface area contributed by atoms with Crippen molar-refractivity contribution in [3.63, 3.8) is 0 Å². The quantitative estimate of drug-likeness (QED) is 0.910. The molecule has 1 saturated heterocycles. The zero-order chi connectivity index (χ0) is 14.0. The van der Waals surface area contributed by atoms with Crippen molar-refractivity contribution in [1.29, 1.82) is 0 Å². The highest BCUT2D eigenvalue weighted by molar-refractivity contribution is 7.89. The first-order valence-electron chi connectivity index (χ1n) is 6.02. The van der Waals surface area contributed by atoms with Crippen molar-refractivity contribution in [2.75, 3.05) is 26.7 Å². The van der Waals surface area contributed by atoms with Crippen LogP contribution in [0.3, 0.4) is 0 Å². The largest absolute Gasteiger partial charge is 0.497 e. The molecule has 2 rings (SSSR count). The lowest BCUT2D eigenvalue weighted by Gasteiger charge is -2.31. The minimum Gasteiger partial charge on any atom is -0.497 e. The van der Waals surface area contributed by atoms with Gasteiger partial charge in [0.05, 0.1) is 12.1 Å². The molecule has 0 radical (unpaired) electrons. The number of hydrogen-bond acceptors (Lipinski definition) is 4. The van der Waals surface area contributed by atoms with Gasteiger partial charge in [0.2, 0.25) is 10.0 Å². The fourth-order valence-corrected chi connectivity index (χ4v) is 4.08. The molecule has 114 valence electrons. The number of piperazine rings is 1. The molecule has 0 amide bonds. The topological polar surface area (TPSA) is 58.6 Å². The molecule has 1 unspecified atom stereocenters. The molecule has 1 N–H and O–H groups in total. The first-order chi connectivity index (χ1) is 8.95. The zero-order valence-corrected chi connectivity index (χ0v) is 13.7. The number of rotatable bonds is 3. The zero-order valence-electron chi connectivity index (χ0n) is 11.3. The van der Waals surface area contributed by atoms with Crippen LogP contribution >= 0.6 is 24.0 Å². The molecule has 1 heterocycles. The van der Waals surface area contributed by atoms with Crippen LogP contribution in [-0.4, -0.2) is 45.5 Å². The van der Waals surface area contributed by atoms with Crippen molar-refractivity contribution < 1.29 is 13.2 Å². The molecule has 0 aromatic heterocycles. The average Bonchev–Trinajstić information content (AvgIpc) is 2.39. The summed E-state index contributed by atoms with van der Waals surface area (Å²) >= 11 is 6.02. The van der Waals surface area contributed by atoms with Gasteiger partial charge in [0.1, 0.15) is 10.6 Å². The molecular weight excluding hydrogens is 323 g/mol. The molecule has 1 aliphatic rings. The van der Waals surface area contributed by atoms with Crippen LogP contribution in [0.2, 0.25) is 5.02 Å². The molecule has 0 spiro atoms. The van der Waals surface area contributed by atoms with E-state index < -0.39 is 10.0 Å². The highest BCUT2D eigenvalue weighted by Crippen LogP contribution is 2.29. The second kappa shape index (κ2) is 6.95. The van der Waals surface area contributed by atoms with E-state index in [2.05, 4.69) is 5.32 Å². The standard InChI is InChI=1S/C12H17ClN2O3S.ClH/c1-9-8-15(6-5-14-9)19(16,17)12-7-10(18-2)3-4-11(12)13;/h3-4,7,9,14H,5-6,8H2,1-2H3;1H. The van der Waals surface area contributed by atoms with Crippen LogP contribution in [0.5, 0.6) is 5.75 Å². The van der Waals surface area contributed by atoms with Crippen molar-refractivity contribution >= 4 is 34.0 Å². The van der Waals surface area contributed by atoms with Crippen LogP contribution in [-0.2, 0) is 10.0 Å². The minimum atomic E-state index is -3.58. The number of benzene rings is 1. The summed E-state index contributed by atoms with van der Waals surface area (Å²) in [5.74, 6) is 0.478. The van der Waals surface area contributed by atoms with E-state index in [1.165, 1.54) is 17.5 Å².